The van der Waals surface area contributed by atoms with Crippen LogP contribution < -0.4 is 24.3 Å². The average Bonchev–Trinajstić information content (AvgIpc) is 3.20. The molecule has 0 amide bonds. The van der Waals surface area contributed by atoms with Gasteiger partial charge in [-0.05, 0) is 49.2 Å². The molecule has 30 heavy (non-hydrogen) atoms. The molecule has 1 aliphatic heterocycles. The zero-order chi connectivity index (χ0) is 20.9. The SMILES string of the molecule is CCOc1cc(CNc2ccc3c(c2)OCO3)cc(Cl)c1OCc1cccc(C)c1. The van der Waals surface area contributed by atoms with E-state index in [2.05, 4.69) is 24.4 Å². The van der Waals surface area contributed by atoms with E-state index < -0.39 is 0 Å². The summed E-state index contributed by atoms with van der Waals surface area (Å²) in [6, 6.07) is 17.8. The monoisotopic (exact) mass is 425 g/mol. The van der Waals surface area contributed by atoms with E-state index >= 15 is 0 Å². The maximum absolute atomic E-state index is 6.56. The van der Waals surface area contributed by atoms with Gasteiger partial charge >= 0.3 is 0 Å². The fourth-order valence-electron chi connectivity index (χ4n) is 3.29. The number of fused-ring (bicyclic) bond motifs is 1. The summed E-state index contributed by atoms with van der Waals surface area (Å²) in [4.78, 5) is 0. The van der Waals surface area contributed by atoms with E-state index in [-0.39, 0.29) is 6.79 Å². The van der Waals surface area contributed by atoms with Gasteiger partial charge in [-0.3, -0.25) is 0 Å². The van der Waals surface area contributed by atoms with Crippen molar-refractivity contribution in [1.82, 2.24) is 0 Å². The Balaban J connectivity index is 1.47. The number of aryl methyl sites for hydroxylation is 1. The first-order valence-electron chi connectivity index (χ1n) is 9.89. The first-order chi connectivity index (χ1) is 14.6. The van der Waals surface area contributed by atoms with Gasteiger partial charge in [-0.15, -0.1) is 0 Å². The fraction of sp³-hybridized carbons (Fsp3) is 0.250. The van der Waals surface area contributed by atoms with Crippen molar-refractivity contribution in [3.63, 3.8) is 0 Å². The molecule has 0 spiro atoms. The molecule has 0 aliphatic carbocycles. The maximum Gasteiger partial charge on any atom is 0.231 e. The van der Waals surface area contributed by atoms with E-state index in [0.29, 0.717) is 36.3 Å². The van der Waals surface area contributed by atoms with Crippen molar-refractivity contribution in [1.29, 1.82) is 0 Å². The third-order valence-corrected chi connectivity index (χ3v) is 4.98. The lowest BCUT2D eigenvalue weighted by atomic mass is 10.1. The first kappa shape index (κ1) is 20.2. The largest absolute Gasteiger partial charge is 0.490 e. The standard InChI is InChI=1S/C24H24ClNO4/c1-3-27-23-11-18(13-26-19-7-8-21-22(12-19)30-15-29-21)10-20(25)24(23)28-14-17-6-4-5-16(2)9-17/h4-12,26H,3,13-15H2,1-2H3. The molecular weight excluding hydrogens is 402 g/mol. The maximum atomic E-state index is 6.56. The Morgan fingerprint density at radius 2 is 1.83 bits per heavy atom. The molecule has 0 fully saturated rings. The molecule has 1 aliphatic rings. The molecule has 0 atom stereocenters. The van der Waals surface area contributed by atoms with Crippen molar-refractivity contribution in [2.75, 3.05) is 18.7 Å². The highest BCUT2D eigenvalue weighted by molar-refractivity contribution is 6.32. The van der Waals surface area contributed by atoms with Gasteiger partial charge in [0.1, 0.15) is 6.61 Å². The van der Waals surface area contributed by atoms with Crippen LogP contribution >= 0.6 is 11.6 Å². The highest BCUT2D eigenvalue weighted by atomic mass is 35.5. The number of rotatable bonds is 8. The van der Waals surface area contributed by atoms with Gasteiger partial charge in [0.2, 0.25) is 6.79 Å². The van der Waals surface area contributed by atoms with E-state index in [1.54, 1.807) is 0 Å². The molecular formula is C24H24ClNO4. The van der Waals surface area contributed by atoms with Gasteiger partial charge < -0.3 is 24.3 Å². The number of anilines is 1. The second kappa shape index (κ2) is 9.18. The van der Waals surface area contributed by atoms with Crippen molar-refractivity contribution in [3.05, 3.63) is 76.3 Å². The topological polar surface area (TPSA) is 49.0 Å². The highest BCUT2D eigenvalue weighted by Crippen LogP contribution is 2.38. The van der Waals surface area contributed by atoms with Crippen LogP contribution in [0.4, 0.5) is 5.69 Å². The second-order valence-electron chi connectivity index (χ2n) is 7.04. The summed E-state index contributed by atoms with van der Waals surface area (Å²) < 4.78 is 22.6. The van der Waals surface area contributed by atoms with Crippen LogP contribution in [0.15, 0.2) is 54.6 Å². The zero-order valence-corrected chi connectivity index (χ0v) is 17.8. The van der Waals surface area contributed by atoms with Gasteiger partial charge in [-0.1, -0.05) is 41.4 Å². The van der Waals surface area contributed by atoms with Crippen LogP contribution in [0.3, 0.4) is 0 Å². The highest BCUT2D eigenvalue weighted by Gasteiger charge is 2.15. The lowest BCUT2D eigenvalue weighted by molar-refractivity contribution is 0.174. The predicted molar refractivity (Wildman–Crippen MR) is 118 cm³/mol. The molecule has 4 rings (SSSR count). The molecule has 0 saturated carbocycles. The molecule has 3 aromatic rings. The quantitative estimate of drug-likeness (QED) is 0.482. The molecule has 5 nitrogen and oxygen atoms in total. The lowest BCUT2D eigenvalue weighted by Crippen LogP contribution is -2.04. The van der Waals surface area contributed by atoms with Crippen LogP contribution in [0, 0.1) is 6.92 Å². The van der Waals surface area contributed by atoms with E-state index in [9.17, 15) is 0 Å². The molecule has 3 aromatic carbocycles. The van der Waals surface area contributed by atoms with Crippen LogP contribution in [0.2, 0.25) is 5.02 Å². The first-order valence-corrected chi connectivity index (χ1v) is 10.3. The van der Waals surface area contributed by atoms with E-state index in [1.807, 2.05) is 49.4 Å². The summed E-state index contributed by atoms with van der Waals surface area (Å²) in [7, 11) is 0. The number of ether oxygens (including phenoxy) is 4. The number of hydrogen-bond donors (Lipinski definition) is 1. The number of nitrogens with one attached hydrogen (secondary N) is 1. The molecule has 0 saturated heterocycles. The normalized spacial score (nSPS) is 12.0. The molecule has 1 heterocycles. The van der Waals surface area contributed by atoms with Gasteiger partial charge in [-0.25, -0.2) is 0 Å². The van der Waals surface area contributed by atoms with Crippen LogP contribution in [0.25, 0.3) is 0 Å². The van der Waals surface area contributed by atoms with E-state index in [1.165, 1.54) is 5.56 Å². The Hall–Kier alpha value is -3.05. The summed E-state index contributed by atoms with van der Waals surface area (Å²) >= 11 is 6.56. The number of benzene rings is 3. The minimum absolute atomic E-state index is 0.260. The van der Waals surface area contributed by atoms with Crippen molar-refractivity contribution >= 4 is 17.3 Å². The Labute approximate surface area is 181 Å². The van der Waals surface area contributed by atoms with Gasteiger partial charge in [0, 0.05) is 18.3 Å². The molecule has 0 aromatic heterocycles. The van der Waals surface area contributed by atoms with Crippen LogP contribution in [0.1, 0.15) is 23.6 Å². The molecule has 0 radical (unpaired) electrons. The van der Waals surface area contributed by atoms with Gasteiger partial charge in [-0.2, -0.15) is 0 Å². The Morgan fingerprint density at radius 1 is 0.967 bits per heavy atom. The summed E-state index contributed by atoms with van der Waals surface area (Å²) in [5.41, 5.74) is 4.20. The number of hydrogen-bond acceptors (Lipinski definition) is 5. The summed E-state index contributed by atoms with van der Waals surface area (Å²) in [5, 5.41) is 3.90. The van der Waals surface area contributed by atoms with Crippen molar-refractivity contribution in [2.24, 2.45) is 0 Å². The number of halogens is 1. The van der Waals surface area contributed by atoms with Gasteiger partial charge in [0.15, 0.2) is 23.0 Å². The summed E-state index contributed by atoms with van der Waals surface area (Å²) in [6.45, 7) is 5.79. The zero-order valence-electron chi connectivity index (χ0n) is 17.0. The Bertz CT molecular complexity index is 1040. The van der Waals surface area contributed by atoms with Crippen molar-refractivity contribution in [3.8, 4) is 23.0 Å². The average molecular weight is 426 g/mol. The third kappa shape index (κ3) is 4.74. The molecule has 0 unspecified atom stereocenters. The summed E-state index contributed by atoms with van der Waals surface area (Å²) in [5.74, 6) is 2.71. The lowest BCUT2D eigenvalue weighted by Gasteiger charge is -2.16. The van der Waals surface area contributed by atoms with Crippen molar-refractivity contribution < 1.29 is 18.9 Å². The molecule has 6 heteroatoms. The second-order valence-corrected chi connectivity index (χ2v) is 7.44. The minimum atomic E-state index is 0.260. The Morgan fingerprint density at radius 3 is 2.67 bits per heavy atom. The fourth-order valence-corrected chi connectivity index (χ4v) is 3.58. The van der Waals surface area contributed by atoms with E-state index in [4.69, 9.17) is 30.5 Å². The van der Waals surface area contributed by atoms with E-state index in [0.717, 1.165) is 28.3 Å². The Kier molecular flexibility index (Phi) is 6.19. The van der Waals surface area contributed by atoms with Gasteiger partial charge in [0.25, 0.3) is 0 Å². The smallest absolute Gasteiger partial charge is 0.231 e. The molecule has 1 N–H and O–H groups in total. The van der Waals surface area contributed by atoms with Crippen LogP contribution in [-0.4, -0.2) is 13.4 Å². The molecule has 0 bridgehead atoms. The van der Waals surface area contributed by atoms with Gasteiger partial charge in [0.05, 0.1) is 11.6 Å². The minimum Gasteiger partial charge on any atom is -0.490 e. The van der Waals surface area contributed by atoms with Crippen LogP contribution in [0.5, 0.6) is 23.0 Å². The van der Waals surface area contributed by atoms with Crippen LogP contribution in [-0.2, 0) is 13.2 Å². The van der Waals surface area contributed by atoms with Crippen molar-refractivity contribution in [2.45, 2.75) is 27.0 Å². The summed E-state index contributed by atoms with van der Waals surface area (Å²) in [6.07, 6.45) is 0. The third-order valence-electron chi connectivity index (χ3n) is 4.70. The predicted octanol–water partition coefficient (Wildman–Crippen LogP) is 5.97. The molecule has 156 valence electrons.